The lowest BCUT2D eigenvalue weighted by Gasteiger charge is -2.28. The van der Waals surface area contributed by atoms with Crippen LogP contribution in [0.15, 0.2) is 6.20 Å². The molecule has 0 saturated carbocycles. The molecule has 0 spiro atoms. The topological polar surface area (TPSA) is 55.0 Å². The second kappa shape index (κ2) is 4.04. The maximum absolute atomic E-state index is 5.58. The minimum absolute atomic E-state index is 0.365. The molecule has 1 fully saturated rings. The van der Waals surface area contributed by atoms with Crippen LogP contribution in [0.2, 0.25) is 0 Å². The van der Waals surface area contributed by atoms with Crippen LogP contribution in [-0.2, 0) is 0 Å². The zero-order valence-electron chi connectivity index (χ0n) is 8.23. The molecule has 14 heavy (non-hydrogen) atoms. The van der Waals surface area contributed by atoms with Gasteiger partial charge < -0.3 is 10.6 Å². The second-order valence-corrected chi connectivity index (χ2v) is 4.56. The number of hydrogen-bond donors (Lipinski definition) is 1. The molecule has 1 aromatic heterocycles. The molecule has 76 valence electrons. The van der Waals surface area contributed by atoms with Crippen molar-refractivity contribution in [3.63, 3.8) is 0 Å². The number of nitrogens with two attached hydrogens (primary N) is 1. The van der Waals surface area contributed by atoms with E-state index in [1.807, 2.05) is 18.7 Å². The maximum Gasteiger partial charge on any atom is 0.221 e. The van der Waals surface area contributed by atoms with E-state index in [-0.39, 0.29) is 0 Å². The Kier molecular flexibility index (Phi) is 2.77. The molecule has 1 saturated heterocycles. The van der Waals surface area contributed by atoms with E-state index in [1.165, 1.54) is 11.5 Å². The van der Waals surface area contributed by atoms with Crippen molar-refractivity contribution in [2.75, 3.05) is 35.2 Å². The Morgan fingerprint density at radius 3 is 2.86 bits per heavy atom. The monoisotopic (exact) mass is 210 g/mol. The molecule has 0 radical (unpaired) electrons. The summed E-state index contributed by atoms with van der Waals surface area (Å²) in [6.07, 6.45) is 1.79. The van der Waals surface area contributed by atoms with Crippen LogP contribution in [0.5, 0.6) is 0 Å². The fourth-order valence-electron chi connectivity index (χ4n) is 1.54. The van der Waals surface area contributed by atoms with Gasteiger partial charge in [-0.25, -0.2) is 4.98 Å². The Labute approximate surface area is 87.9 Å². The van der Waals surface area contributed by atoms with Gasteiger partial charge in [0.1, 0.15) is 5.82 Å². The quantitative estimate of drug-likeness (QED) is 0.747. The van der Waals surface area contributed by atoms with Crippen molar-refractivity contribution in [3.05, 3.63) is 11.8 Å². The van der Waals surface area contributed by atoms with Crippen molar-refractivity contribution in [3.8, 4) is 0 Å². The van der Waals surface area contributed by atoms with E-state index in [4.69, 9.17) is 5.73 Å². The molecule has 4 nitrogen and oxygen atoms in total. The molecule has 2 N–H and O–H groups in total. The first kappa shape index (κ1) is 9.58. The van der Waals surface area contributed by atoms with E-state index in [1.54, 1.807) is 6.20 Å². The number of nitrogen functional groups attached to an aromatic ring is 1. The molecule has 0 amide bonds. The van der Waals surface area contributed by atoms with Crippen LogP contribution in [0.25, 0.3) is 0 Å². The first-order chi connectivity index (χ1) is 6.77. The zero-order chi connectivity index (χ0) is 9.97. The number of hydrogen-bond acceptors (Lipinski definition) is 5. The normalized spacial score (nSPS) is 17.1. The summed E-state index contributed by atoms with van der Waals surface area (Å²) in [5.41, 5.74) is 6.68. The first-order valence-electron chi connectivity index (χ1n) is 4.69. The van der Waals surface area contributed by atoms with Crippen LogP contribution >= 0.6 is 11.8 Å². The van der Waals surface area contributed by atoms with Gasteiger partial charge in [-0.05, 0) is 6.92 Å². The van der Waals surface area contributed by atoms with Gasteiger partial charge in [0, 0.05) is 36.4 Å². The minimum atomic E-state index is 0.365. The third-order valence-electron chi connectivity index (χ3n) is 2.27. The molecule has 1 aliphatic heterocycles. The molecule has 0 bridgehead atoms. The second-order valence-electron chi connectivity index (χ2n) is 3.33. The van der Waals surface area contributed by atoms with Gasteiger partial charge in [0.05, 0.1) is 0 Å². The predicted molar refractivity (Wildman–Crippen MR) is 60.7 cm³/mol. The molecular formula is C9H14N4S. The summed E-state index contributed by atoms with van der Waals surface area (Å²) in [6, 6.07) is 0. The smallest absolute Gasteiger partial charge is 0.221 e. The summed E-state index contributed by atoms with van der Waals surface area (Å²) in [5.74, 6) is 3.70. The van der Waals surface area contributed by atoms with Crippen LogP contribution < -0.4 is 10.6 Å². The summed E-state index contributed by atoms with van der Waals surface area (Å²) in [6.45, 7) is 4.14. The average Bonchev–Trinajstić information content (AvgIpc) is 2.23. The minimum Gasteiger partial charge on any atom is -0.368 e. The molecule has 1 aromatic rings. The lowest BCUT2D eigenvalue weighted by Crippen LogP contribution is -2.33. The van der Waals surface area contributed by atoms with Crippen molar-refractivity contribution in [1.29, 1.82) is 0 Å². The summed E-state index contributed by atoms with van der Waals surface area (Å²) >= 11 is 1.99. The van der Waals surface area contributed by atoms with Gasteiger partial charge in [-0.15, -0.1) is 0 Å². The molecule has 0 unspecified atom stereocenters. The van der Waals surface area contributed by atoms with Gasteiger partial charge in [0.15, 0.2) is 0 Å². The van der Waals surface area contributed by atoms with Crippen molar-refractivity contribution in [2.24, 2.45) is 0 Å². The van der Waals surface area contributed by atoms with Crippen LogP contribution in [0.3, 0.4) is 0 Å². The summed E-state index contributed by atoms with van der Waals surface area (Å²) in [4.78, 5) is 10.5. The fourth-order valence-corrected chi connectivity index (χ4v) is 2.44. The summed E-state index contributed by atoms with van der Waals surface area (Å²) in [5, 5.41) is 0. The molecule has 0 aromatic carbocycles. The van der Waals surface area contributed by atoms with Crippen molar-refractivity contribution in [1.82, 2.24) is 9.97 Å². The zero-order valence-corrected chi connectivity index (χ0v) is 9.05. The maximum atomic E-state index is 5.58. The SMILES string of the molecule is Cc1cnc(N)nc1N1CCSCC1. The van der Waals surface area contributed by atoms with E-state index in [2.05, 4.69) is 14.9 Å². The molecule has 2 heterocycles. The highest BCUT2D eigenvalue weighted by atomic mass is 32.2. The summed E-state index contributed by atoms with van der Waals surface area (Å²) < 4.78 is 0. The fraction of sp³-hybridized carbons (Fsp3) is 0.556. The first-order valence-corrected chi connectivity index (χ1v) is 5.84. The molecule has 5 heteroatoms. The van der Waals surface area contributed by atoms with E-state index in [0.29, 0.717) is 5.95 Å². The van der Waals surface area contributed by atoms with Gasteiger partial charge in [-0.3, -0.25) is 0 Å². The predicted octanol–water partition coefficient (Wildman–Crippen LogP) is 0.920. The van der Waals surface area contributed by atoms with Crippen LogP contribution in [0, 0.1) is 6.92 Å². The third kappa shape index (κ3) is 1.92. The highest BCUT2D eigenvalue weighted by Crippen LogP contribution is 2.20. The molecule has 0 aliphatic carbocycles. The van der Waals surface area contributed by atoms with E-state index in [9.17, 15) is 0 Å². The number of anilines is 2. The van der Waals surface area contributed by atoms with Crippen LogP contribution in [-0.4, -0.2) is 34.6 Å². The van der Waals surface area contributed by atoms with Gasteiger partial charge in [0.25, 0.3) is 0 Å². The van der Waals surface area contributed by atoms with Crippen molar-refractivity contribution >= 4 is 23.5 Å². The Hall–Kier alpha value is -0.970. The highest BCUT2D eigenvalue weighted by Gasteiger charge is 2.14. The average molecular weight is 210 g/mol. The lowest BCUT2D eigenvalue weighted by atomic mass is 10.3. The lowest BCUT2D eigenvalue weighted by molar-refractivity contribution is 0.831. The van der Waals surface area contributed by atoms with E-state index >= 15 is 0 Å². The van der Waals surface area contributed by atoms with Gasteiger partial charge in [0.2, 0.25) is 5.95 Å². The standard InChI is InChI=1S/C9H14N4S/c1-7-6-11-9(10)12-8(7)13-2-4-14-5-3-13/h6H,2-5H2,1H3,(H2,10,11,12). The molecule has 0 atom stereocenters. The van der Waals surface area contributed by atoms with Crippen molar-refractivity contribution < 1.29 is 0 Å². The summed E-state index contributed by atoms with van der Waals surface area (Å²) in [7, 11) is 0. The highest BCUT2D eigenvalue weighted by molar-refractivity contribution is 7.99. The molecule has 1 aliphatic rings. The van der Waals surface area contributed by atoms with Gasteiger partial charge in [-0.2, -0.15) is 16.7 Å². The van der Waals surface area contributed by atoms with Crippen LogP contribution in [0.4, 0.5) is 11.8 Å². The Morgan fingerprint density at radius 1 is 1.43 bits per heavy atom. The molecular weight excluding hydrogens is 196 g/mol. The molecule has 2 rings (SSSR count). The van der Waals surface area contributed by atoms with Crippen molar-refractivity contribution in [2.45, 2.75) is 6.92 Å². The number of aryl methyl sites for hydroxylation is 1. The number of rotatable bonds is 1. The third-order valence-corrected chi connectivity index (χ3v) is 3.22. The van der Waals surface area contributed by atoms with Crippen LogP contribution in [0.1, 0.15) is 5.56 Å². The van der Waals surface area contributed by atoms with E-state index < -0.39 is 0 Å². The Bertz CT molecular complexity index is 323. The van der Waals surface area contributed by atoms with Gasteiger partial charge >= 0.3 is 0 Å². The number of aromatic nitrogens is 2. The largest absolute Gasteiger partial charge is 0.368 e. The van der Waals surface area contributed by atoms with Gasteiger partial charge in [-0.1, -0.05) is 0 Å². The van der Waals surface area contributed by atoms with E-state index in [0.717, 1.165) is 24.5 Å². The number of thioether (sulfide) groups is 1. The Morgan fingerprint density at radius 2 is 2.14 bits per heavy atom. The number of nitrogens with zero attached hydrogens (tertiary/aromatic N) is 3. The Balaban J connectivity index is 2.24.